The number of hydrogen-bond donors (Lipinski definition) is 0. The quantitative estimate of drug-likeness (QED) is 0.795. The largest absolute Gasteiger partial charge is 0.396 e. The number of carbonyl (C=O) groups excluding carboxylic acids is 1. The molecule has 108 valence electrons. The topological polar surface area (TPSA) is 76.5 Å². The molecular weight excluding hydrogens is 278 g/mol. The zero-order chi connectivity index (χ0) is 14.1. The SMILES string of the molecule is CC1CC(C)CN(C(=O)CSc2nn3cnnc3o2)C1. The Hall–Kier alpha value is -1.57. The molecule has 1 fully saturated rings. The predicted molar refractivity (Wildman–Crippen MR) is 73.3 cm³/mol. The van der Waals surface area contributed by atoms with Crippen LogP contribution in [0.2, 0.25) is 0 Å². The highest BCUT2D eigenvalue weighted by molar-refractivity contribution is 7.99. The van der Waals surface area contributed by atoms with Crippen LogP contribution in [0.1, 0.15) is 20.3 Å². The highest BCUT2D eigenvalue weighted by atomic mass is 32.2. The van der Waals surface area contributed by atoms with Gasteiger partial charge in [0.05, 0.1) is 5.75 Å². The minimum atomic E-state index is 0.141. The van der Waals surface area contributed by atoms with Crippen molar-refractivity contribution in [1.29, 1.82) is 0 Å². The summed E-state index contributed by atoms with van der Waals surface area (Å²) in [4.78, 5) is 14.2. The van der Waals surface area contributed by atoms with Gasteiger partial charge in [-0.2, -0.15) is 4.52 Å². The summed E-state index contributed by atoms with van der Waals surface area (Å²) >= 11 is 1.30. The van der Waals surface area contributed by atoms with Gasteiger partial charge in [-0.15, -0.1) is 10.2 Å². The lowest BCUT2D eigenvalue weighted by Crippen LogP contribution is -2.43. The normalized spacial score (nSPS) is 23.4. The zero-order valence-electron chi connectivity index (χ0n) is 11.5. The van der Waals surface area contributed by atoms with E-state index in [-0.39, 0.29) is 5.91 Å². The van der Waals surface area contributed by atoms with Gasteiger partial charge in [0.1, 0.15) is 6.33 Å². The van der Waals surface area contributed by atoms with E-state index in [4.69, 9.17) is 4.42 Å². The van der Waals surface area contributed by atoms with Gasteiger partial charge in [-0.1, -0.05) is 30.7 Å². The van der Waals surface area contributed by atoms with Crippen molar-refractivity contribution >= 4 is 23.5 Å². The third kappa shape index (κ3) is 2.79. The van der Waals surface area contributed by atoms with Crippen molar-refractivity contribution in [3.8, 4) is 0 Å². The first-order chi connectivity index (χ1) is 9.61. The van der Waals surface area contributed by atoms with Crippen molar-refractivity contribution in [2.75, 3.05) is 18.8 Å². The highest BCUT2D eigenvalue weighted by Gasteiger charge is 2.25. The van der Waals surface area contributed by atoms with E-state index in [2.05, 4.69) is 29.1 Å². The molecule has 20 heavy (non-hydrogen) atoms. The molecular formula is C12H17N5O2S. The molecule has 3 heterocycles. The van der Waals surface area contributed by atoms with E-state index in [1.54, 1.807) is 0 Å². The number of carbonyl (C=O) groups is 1. The molecule has 0 aromatic carbocycles. The smallest absolute Gasteiger partial charge is 0.345 e. The molecule has 1 aliphatic rings. The Morgan fingerprint density at radius 2 is 2.20 bits per heavy atom. The monoisotopic (exact) mass is 295 g/mol. The number of aromatic nitrogens is 4. The van der Waals surface area contributed by atoms with Crippen LogP contribution in [-0.2, 0) is 4.79 Å². The Morgan fingerprint density at radius 3 is 2.90 bits per heavy atom. The lowest BCUT2D eigenvalue weighted by Gasteiger charge is -2.34. The molecule has 0 radical (unpaired) electrons. The number of piperidine rings is 1. The standard InChI is InChI=1S/C12H17N5O2S/c1-8-3-9(2)5-16(4-8)10(18)6-20-12-15-17-7-13-14-11(17)19-12/h7-9H,3-6H2,1-2H3. The first-order valence-electron chi connectivity index (χ1n) is 6.69. The van der Waals surface area contributed by atoms with Crippen LogP contribution < -0.4 is 0 Å². The molecule has 0 N–H and O–H groups in total. The highest BCUT2D eigenvalue weighted by Crippen LogP contribution is 2.23. The summed E-state index contributed by atoms with van der Waals surface area (Å²) in [6, 6.07) is 0. The fourth-order valence-electron chi connectivity index (χ4n) is 2.68. The molecule has 1 amide bonds. The van der Waals surface area contributed by atoms with Crippen molar-refractivity contribution in [2.45, 2.75) is 25.5 Å². The second-order valence-electron chi connectivity index (χ2n) is 5.46. The molecule has 0 saturated carbocycles. The van der Waals surface area contributed by atoms with Gasteiger partial charge in [-0.05, 0) is 18.3 Å². The third-order valence-corrected chi connectivity index (χ3v) is 4.21. The summed E-state index contributed by atoms with van der Waals surface area (Å²) in [6.07, 6.45) is 2.67. The summed E-state index contributed by atoms with van der Waals surface area (Å²) in [5.74, 6) is 1.98. The minimum Gasteiger partial charge on any atom is -0.396 e. The maximum absolute atomic E-state index is 12.2. The first-order valence-corrected chi connectivity index (χ1v) is 7.68. The molecule has 8 heteroatoms. The van der Waals surface area contributed by atoms with Crippen molar-refractivity contribution in [3.05, 3.63) is 6.33 Å². The predicted octanol–water partition coefficient (Wildman–Crippen LogP) is 1.31. The lowest BCUT2D eigenvalue weighted by molar-refractivity contribution is -0.130. The minimum absolute atomic E-state index is 0.141. The number of nitrogens with zero attached hydrogens (tertiary/aromatic N) is 5. The van der Waals surface area contributed by atoms with E-state index in [9.17, 15) is 4.79 Å². The van der Waals surface area contributed by atoms with Crippen LogP contribution >= 0.6 is 11.8 Å². The maximum atomic E-state index is 12.2. The van der Waals surface area contributed by atoms with Gasteiger partial charge in [0.25, 0.3) is 5.22 Å². The number of likely N-dealkylation sites (tertiary alicyclic amines) is 1. The second kappa shape index (κ2) is 5.43. The molecule has 0 bridgehead atoms. The molecule has 2 aromatic heterocycles. The lowest BCUT2D eigenvalue weighted by atomic mass is 9.92. The molecule has 3 rings (SSSR count). The van der Waals surface area contributed by atoms with Crippen molar-refractivity contribution in [3.63, 3.8) is 0 Å². The van der Waals surface area contributed by atoms with E-state index in [1.165, 1.54) is 29.0 Å². The average molecular weight is 295 g/mol. The Bertz CT molecular complexity index is 571. The third-order valence-electron chi connectivity index (χ3n) is 3.41. The molecule has 0 aliphatic carbocycles. The van der Waals surface area contributed by atoms with E-state index in [1.807, 2.05) is 4.90 Å². The summed E-state index contributed by atoms with van der Waals surface area (Å²) in [6.45, 7) is 6.09. The van der Waals surface area contributed by atoms with E-state index >= 15 is 0 Å². The Labute approximate surface area is 120 Å². The molecule has 2 unspecified atom stereocenters. The van der Waals surface area contributed by atoms with E-state index < -0.39 is 0 Å². The average Bonchev–Trinajstić information content (AvgIpc) is 2.95. The van der Waals surface area contributed by atoms with Crippen LogP contribution in [0, 0.1) is 11.8 Å². The molecule has 7 nitrogen and oxygen atoms in total. The van der Waals surface area contributed by atoms with Gasteiger partial charge in [-0.25, -0.2) is 0 Å². The number of rotatable bonds is 3. The first kappa shape index (κ1) is 13.4. The van der Waals surface area contributed by atoms with Crippen molar-refractivity contribution in [2.24, 2.45) is 11.8 Å². The molecule has 2 aromatic rings. The summed E-state index contributed by atoms with van der Waals surface area (Å²) in [5.41, 5.74) is 0. The van der Waals surface area contributed by atoms with E-state index in [0.717, 1.165) is 13.1 Å². The number of fused-ring (bicyclic) bond motifs is 1. The summed E-state index contributed by atoms with van der Waals surface area (Å²) in [5, 5.41) is 12.0. The Balaban J connectivity index is 1.57. The Kier molecular flexibility index (Phi) is 3.64. The summed E-state index contributed by atoms with van der Waals surface area (Å²) in [7, 11) is 0. The van der Waals surface area contributed by atoms with E-state index in [0.29, 0.717) is 28.7 Å². The fourth-order valence-corrected chi connectivity index (χ4v) is 3.39. The van der Waals surface area contributed by atoms with Crippen molar-refractivity contribution in [1.82, 2.24) is 24.7 Å². The van der Waals surface area contributed by atoms with Gasteiger partial charge in [-0.3, -0.25) is 4.79 Å². The van der Waals surface area contributed by atoms with Crippen LogP contribution in [0.4, 0.5) is 0 Å². The fraction of sp³-hybridized carbons (Fsp3) is 0.667. The van der Waals surface area contributed by atoms with Crippen LogP contribution in [-0.4, -0.2) is 49.5 Å². The van der Waals surface area contributed by atoms with Crippen LogP contribution in [0.25, 0.3) is 5.84 Å². The van der Waals surface area contributed by atoms with Crippen LogP contribution in [0.15, 0.2) is 16.0 Å². The Morgan fingerprint density at radius 1 is 1.45 bits per heavy atom. The van der Waals surface area contributed by atoms with Gasteiger partial charge in [0, 0.05) is 13.1 Å². The van der Waals surface area contributed by atoms with Crippen LogP contribution in [0.5, 0.6) is 0 Å². The molecule has 1 saturated heterocycles. The van der Waals surface area contributed by atoms with Gasteiger partial charge in [0.15, 0.2) is 0 Å². The summed E-state index contributed by atoms with van der Waals surface area (Å²) < 4.78 is 6.81. The maximum Gasteiger partial charge on any atom is 0.345 e. The van der Waals surface area contributed by atoms with Gasteiger partial charge < -0.3 is 9.32 Å². The number of amides is 1. The van der Waals surface area contributed by atoms with Gasteiger partial charge in [0.2, 0.25) is 5.91 Å². The second-order valence-corrected chi connectivity index (χ2v) is 6.39. The number of thioether (sulfide) groups is 1. The number of hydrogen-bond acceptors (Lipinski definition) is 6. The van der Waals surface area contributed by atoms with Crippen LogP contribution in [0.3, 0.4) is 0 Å². The van der Waals surface area contributed by atoms with Crippen molar-refractivity contribution < 1.29 is 9.21 Å². The molecule has 0 spiro atoms. The zero-order valence-corrected chi connectivity index (χ0v) is 12.3. The van der Waals surface area contributed by atoms with Gasteiger partial charge >= 0.3 is 5.84 Å². The molecule has 1 aliphatic heterocycles. The molecule has 2 atom stereocenters.